The Bertz CT molecular complexity index is 913. The molecule has 5 heteroatoms. The molecule has 1 heterocycles. The zero-order valence-corrected chi connectivity index (χ0v) is 16.2. The zero-order valence-electron chi connectivity index (χ0n) is 16.2. The molecule has 0 atom stereocenters. The van der Waals surface area contributed by atoms with E-state index in [2.05, 4.69) is 70.7 Å². The molecule has 1 saturated heterocycles. The molecule has 3 aromatic rings. The first-order valence-corrected chi connectivity index (χ1v) is 9.85. The summed E-state index contributed by atoms with van der Waals surface area (Å²) in [4.78, 5) is 2.49. The van der Waals surface area contributed by atoms with Gasteiger partial charge in [0.25, 0.3) is 0 Å². The van der Waals surface area contributed by atoms with Crippen LogP contribution in [0.3, 0.4) is 0 Å². The topological polar surface area (TPSA) is 59.3 Å². The molecule has 0 saturated carbocycles. The van der Waals surface area contributed by atoms with Gasteiger partial charge in [0.05, 0.1) is 12.3 Å². The fourth-order valence-corrected chi connectivity index (χ4v) is 3.75. The fraction of sp³-hybridized carbons (Fsp3) is 0.208. The Labute approximate surface area is 171 Å². The second-order valence-corrected chi connectivity index (χ2v) is 7.20. The van der Waals surface area contributed by atoms with Crippen LogP contribution in [0.25, 0.3) is 0 Å². The molecule has 0 bridgehead atoms. The number of rotatable bonds is 5. The molecule has 1 fully saturated rings. The number of aromatic hydroxyl groups is 2. The molecule has 0 unspecified atom stereocenters. The van der Waals surface area contributed by atoms with Gasteiger partial charge in [0.2, 0.25) is 0 Å². The highest BCUT2D eigenvalue weighted by molar-refractivity contribution is 5.83. The SMILES string of the molecule is Oc1ccc(C=NN2CCN(C(c3ccccc3)c3ccccc3)CC2)c(O)c1. The first-order valence-electron chi connectivity index (χ1n) is 9.85. The Morgan fingerprint density at radius 1 is 0.759 bits per heavy atom. The van der Waals surface area contributed by atoms with E-state index in [-0.39, 0.29) is 17.5 Å². The zero-order chi connectivity index (χ0) is 20.1. The van der Waals surface area contributed by atoms with Crippen molar-refractivity contribution in [1.29, 1.82) is 0 Å². The highest BCUT2D eigenvalue weighted by Gasteiger charge is 2.25. The first kappa shape index (κ1) is 19.0. The normalized spacial score (nSPS) is 15.3. The molecular weight excluding hydrogens is 362 g/mol. The van der Waals surface area contributed by atoms with Crippen LogP contribution in [0.1, 0.15) is 22.7 Å². The molecule has 2 N–H and O–H groups in total. The van der Waals surface area contributed by atoms with Gasteiger partial charge in [0.1, 0.15) is 11.5 Å². The van der Waals surface area contributed by atoms with E-state index in [0.29, 0.717) is 5.56 Å². The van der Waals surface area contributed by atoms with Crippen molar-refractivity contribution in [3.8, 4) is 11.5 Å². The van der Waals surface area contributed by atoms with E-state index in [0.717, 1.165) is 26.2 Å². The Kier molecular flexibility index (Phi) is 5.77. The summed E-state index contributed by atoms with van der Waals surface area (Å²) in [5, 5.41) is 25.9. The summed E-state index contributed by atoms with van der Waals surface area (Å²) in [5.74, 6) is 0.0711. The summed E-state index contributed by atoms with van der Waals surface area (Å²) < 4.78 is 0. The Hall–Kier alpha value is -3.31. The van der Waals surface area contributed by atoms with Crippen LogP contribution < -0.4 is 0 Å². The van der Waals surface area contributed by atoms with Crippen molar-refractivity contribution in [2.45, 2.75) is 6.04 Å². The van der Waals surface area contributed by atoms with Crippen LogP contribution in [0.15, 0.2) is 84.0 Å². The van der Waals surface area contributed by atoms with Crippen LogP contribution in [0, 0.1) is 0 Å². The van der Waals surface area contributed by atoms with Crippen LogP contribution in [0.5, 0.6) is 11.5 Å². The van der Waals surface area contributed by atoms with E-state index in [1.807, 2.05) is 5.01 Å². The molecule has 29 heavy (non-hydrogen) atoms. The second-order valence-electron chi connectivity index (χ2n) is 7.20. The maximum absolute atomic E-state index is 9.91. The average molecular weight is 387 g/mol. The number of hydrogen-bond acceptors (Lipinski definition) is 5. The van der Waals surface area contributed by atoms with Gasteiger partial charge < -0.3 is 10.2 Å². The molecule has 0 radical (unpaired) electrons. The second kappa shape index (κ2) is 8.80. The number of nitrogens with zero attached hydrogens (tertiary/aromatic N) is 3. The van der Waals surface area contributed by atoms with Crippen LogP contribution in [0.4, 0.5) is 0 Å². The van der Waals surface area contributed by atoms with E-state index in [4.69, 9.17) is 0 Å². The molecule has 5 nitrogen and oxygen atoms in total. The predicted octanol–water partition coefficient (Wildman–Crippen LogP) is 3.84. The van der Waals surface area contributed by atoms with Crippen molar-refractivity contribution in [3.63, 3.8) is 0 Å². The van der Waals surface area contributed by atoms with Crippen LogP contribution >= 0.6 is 0 Å². The summed E-state index contributed by atoms with van der Waals surface area (Å²) in [6.45, 7) is 3.41. The third-order valence-electron chi connectivity index (χ3n) is 5.26. The van der Waals surface area contributed by atoms with Crippen LogP contribution in [-0.4, -0.2) is 52.5 Å². The van der Waals surface area contributed by atoms with Crippen LogP contribution in [-0.2, 0) is 0 Å². The highest BCUT2D eigenvalue weighted by Crippen LogP contribution is 2.29. The van der Waals surface area contributed by atoms with Crippen molar-refractivity contribution >= 4 is 6.21 Å². The van der Waals surface area contributed by atoms with E-state index in [1.165, 1.54) is 17.2 Å². The number of hydrazone groups is 1. The Morgan fingerprint density at radius 2 is 1.34 bits per heavy atom. The van der Waals surface area contributed by atoms with Crippen molar-refractivity contribution < 1.29 is 10.2 Å². The molecule has 0 amide bonds. The molecule has 0 spiro atoms. The number of piperazine rings is 1. The fourth-order valence-electron chi connectivity index (χ4n) is 3.75. The predicted molar refractivity (Wildman–Crippen MR) is 115 cm³/mol. The smallest absolute Gasteiger partial charge is 0.128 e. The van der Waals surface area contributed by atoms with Crippen molar-refractivity contribution in [3.05, 3.63) is 95.6 Å². The van der Waals surface area contributed by atoms with Crippen molar-refractivity contribution in [1.82, 2.24) is 9.91 Å². The minimum atomic E-state index is 0.0283. The lowest BCUT2D eigenvalue weighted by atomic mass is 9.96. The van der Waals surface area contributed by atoms with E-state index < -0.39 is 0 Å². The van der Waals surface area contributed by atoms with E-state index in [9.17, 15) is 10.2 Å². The molecular formula is C24H25N3O2. The van der Waals surface area contributed by atoms with Gasteiger partial charge in [-0.1, -0.05) is 60.7 Å². The summed E-state index contributed by atoms with van der Waals surface area (Å²) in [5.41, 5.74) is 3.19. The maximum atomic E-state index is 9.91. The lowest BCUT2D eigenvalue weighted by Crippen LogP contribution is -2.45. The molecule has 148 valence electrons. The largest absolute Gasteiger partial charge is 0.508 e. The molecule has 0 aliphatic carbocycles. The third-order valence-corrected chi connectivity index (χ3v) is 5.26. The van der Waals surface area contributed by atoms with Gasteiger partial charge >= 0.3 is 0 Å². The van der Waals surface area contributed by atoms with Gasteiger partial charge in [0.15, 0.2) is 0 Å². The maximum Gasteiger partial charge on any atom is 0.128 e. The van der Waals surface area contributed by atoms with Crippen molar-refractivity contribution in [2.75, 3.05) is 26.2 Å². The summed E-state index contributed by atoms with van der Waals surface area (Å²) >= 11 is 0. The lowest BCUT2D eigenvalue weighted by molar-refractivity contribution is 0.113. The van der Waals surface area contributed by atoms with E-state index in [1.54, 1.807) is 18.3 Å². The lowest BCUT2D eigenvalue weighted by Gasteiger charge is -2.38. The van der Waals surface area contributed by atoms with E-state index >= 15 is 0 Å². The highest BCUT2D eigenvalue weighted by atomic mass is 16.3. The molecule has 1 aliphatic heterocycles. The molecule has 4 rings (SSSR count). The summed E-state index contributed by atoms with van der Waals surface area (Å²) in [6, 6.07) is 26.0. The number of benzene rings is 3. The number of phenols is 2. The third kappa shape index (κ3) is 4.58. The monoisotopic (exact) mass is 387 g/mol. The van der Waals surface area contributed by atoms with Crippen molar-refractivity contribution in [2.24, 2.45) is 5.10 Å². The Balaban J connectivity index is 1.46. The Morgan fingerprint density at radius 3 is 1.90 bits per heavy atom. The molecule has 3 aromatic carbocycles. The van der Waals surface area contributed by atoms with Gasteiger partial charge in [-0.2, -0.15) is 5.10 Å². The first-order chi connectivity index (χ1) is 14.2. The minimum Gasteiger partial charge on any atom is -0.508 e. The summed E-state index contributed by atoms with van der Waals surface area (Å²) in [7, 11) is 0. The van der Waals surface area contributed by atoms with Gasteiger partial charge in [0, 0.05) is 37.8 Å². The molecule has 0 aromatic heterocycles. The van der Waals surface area contributed by atoms with Gasteiger partial charge in [-0.25, -0.2) is 0 Å². The van der Waals surface area contributed by atoms with Gasteiger partial charge in [-0.05, 0) is 23.3 Å². The van der Waals surface area contributed by atoms with Gasteiger partial charge in [-0.15, -0.1) is 0 Å². The standard InChI is InChI=1S/C24H25N3O2/c28-22-12-11-21(23(29)17-22)18-25-27-15-13-26(14-16-27)24(19-7-3-1-4-8-19)20-9-5-2-6-10-20/h1-12,17-18,24,28-29H,13-16H2. The number of hydrogen-bond donors (Lipinski definition) is 2. The minimum absolute atomic E-state index is 0.0283. The number of phenolic OH excluding ortho intramolecular Hbond substituents is 2. The van der Waals surface area contributed by atoms with Gasteiger partial charge in [-0.3, -0.25) is 9.91 Å². The molecule has 1 aliphatic rings. The quantitative estimate of drug-likeness (QED) is 0.653. The summed E-state index contributed by atoms with van der Waals surface area (Å²) in [6.07, 6.45) is 1.65. The van der Waals surface area contributed by atoms with Crippen LogP contribution in [0.2, 0.25) is 0 Å². The average Bonchev–Trinajstić information content (AvgIpc) is 2.76.